The van der Waals surface area contributed by atoms with Gasteiger partial charge in [-0.05, 0) is 46.8 Å². The molecular formula is C25H42FN3O4Si. The lowest BCUT2D eigenvalue weighted by Gasteiger charge is -2.44. The highest BCUT2D eigenvalue weighted by Crippen LogP contribution is 2.51. The van der Waals surface area contributed by atoms with Crippen molar-refractivity contribution in [2.45, 2.75) is 83.3 Å². The molecule has 1 aromatic carbocycles. The van der Waals surface area contributed by atoms with Gasteiger partial charge in [0.1, 0.15) is 0 Å². The van der Waals surface area contributed by atoms with Crippen molar-refractivity contribution in [3.05, 3.63) is 29.8 Å². The molecular weight excluding hydrogens is 453 g/mol. The van der Waals surface area contributed by atoms with Crippen molar-refractivity contribution in [3.8, 4) is 0 Å². The van der Waals surface area contributed by atoms with Crippen LogP contribution >= 0.6 is 0 Å². The first kappa shape index (κ1) is 29.9. The van der Waals surface area contributed by atoms with Crippen LogP contribution in [0.2, 0.25) is 10.1 Å². The normalized spacial score (nSPS) is 14.4. The summed E-state index contributed by atoms with van der Waals surface area (Å²) < 4.78 is 16.4. The van der Waals surface area contributed by atoms with Crippen LogP contribution in [0.5, 0.6) is 0 Å². The number of aliphatic carboxylic acids is 1. The van der Waals surface area contributed by atoms with Crippen LogP contribution in [0.25, 0.3) is 0 Å². The van der Waals surface area contributed by atoms with E-state index in [-0.39, 0.29) is 13.0 Å². The molecule has 0 saturated heterocycles. The first-order chi connectivity index (χ1) is 15.6. The van der Waals surface area contributed by atoms with Gasteiger partial charge in [-0.25, -0.2) is 0 Å². The number of ketones is 1. The summed E-state index contributed by atoms with van der Waals surface area (Å²) in [5.74, 6) is -2.70. The molecule has 0 fully saturated rings. The van der Waals surface area contributed by atoms with Crippen LogP contribution in [0, 0.1) is 5.92 Å². The maximum absolute atomic E-state index is 16.4. The summed E-state index contributed by atoms with van der Waals surface area (Å²) in [6.45, 7) is 11.8. The Hall–Kier alpha value is -2.10. The zero-order chi connectivity index (χ0) is 26.3. The number of halogens is 1. The third-order valence-corrected chi connectivity index (χ3v) is 11.6. The van der Waals surface area contributed by atoms with Gasteiger partial charge >= 0.3 is 5.97 Å². The molecule has 1 amide bonds. The molecule has 1 aromatic rings. The third kappa shape index (κ3) is 7.45. The molecule has 0 aromatic heterocycles. The summed E-state index contributed by atoms with van der Waals surface area (Å²) in [7, 11) is -3.43. The van der Waals surface area contributed by atoms with Crippen LogP contribution in [0.15, 0.2) is 24.3 Å². The number of hydrogen-bond donors (Lipinski definition) is 4. The molecule has 2 atom stereocenters. The second kappa shape index (κ2) is 12.0. The molecule has 34 heavy (non-hydrogen) atoms. The van der Waals surface area contributed by atoms with Crippen LogP contribution in [-0.2, 0) is 9.59 Å². The van der Waals surface area contributed by atoms with Crippen LogP contribution in [0.3, 0.4) is 0 Å². The number of rotatable bonds is 12. The van der Waals surface area contributed by atoms with Crippen molar-refractivity contribution in [2.75, 3.05) is 13.1 Å². The first-order valence-electron chi connectivity index (χ1n) is 11.8. The number of nitrogens with two attached hydrogens (primary N) is 2. The monoisotopic (exact) mass is 495 g/mol. The molecule has 0 saturated carbocycles. The number of unbranched alkanes of at least 4 members (excludes halogenated alkanes) is 1. The zero-order valence-electron chi connectivity index (χ0n) is 21.4. The van der Waals surface area contributed by atoms with Gasteiger partial charge in [-0.3, -0.25) is 14.4 Å². The van der Waals surface area contributed by atoms with Gasteiger partial charge in [0.05, 0.1) is 12.0 Å². The van der Waals surface area contributed by atoms with Crippen LogP contribution in [0.4, 0.5) is 4.11 Å². The molecule has 0 heterocycles. The van der Waals surface area contributed by atoms with Gasteiger partial charge in [0.15, 0.2) is 5.78 Å². The minimum atomic E-state index is -3.43. The molecule has 0 radical (unpaired) electrons. The van der Waals surface area contributed by atoms with E-state index in [1.54, 1.807) is 24.3 Å². The van der Waals surface area contributed by atoms with Crippen molar-refractivity contribution in [3.63, 3.8) is 0 Å². The number of carbonyl (C=O) groups excluding carboxylic acids is 2. The predicted molar refractivity (Wildman–Crippen MR) is 136 cm³/mol. The first-order valence-corrected chi connectivity index (χ1v) is 13.7. The van der Waals surface area contributed by atoms with E-state index in [0.717, 1.165) is 0 Å². The van der Waals surface area contributed by atoms with Crippen molar-refractivity contribution < 1.29 is 23.6 Å². The topological polar surface area (TPSA) is 136 Å². The number of nitrogens with one attached hydrogen (secondary N) is 1. The Kier molecular flexibility index (Phi) is 10.6. The Morgan fingerprint density at radius 1 is 1.03 bits per heavy atom. The van der Waals surface area contributed by atoms with Crippen molar-refractivity contribution >= 4 is 31.3 Å². The van der Waals surface area contributed by atoms with Gasteiger partial charge in [0, 0.05) is 18.5 Å². The molecule has 0 bridgehead atoms. The highest BCUT2D eigenvalue weighted by Gasteiger charge is 2.56. The Balaban J connectivity index is 2.80. The fourth-order valence-corrected chi connectivity index (χ4v) is 9.11. The molecule has 0 aliphatic heterocycles. The second-order valence-corrected chi connectivity index (χ2v) is 15.9. The fourth-order valence-electron chi connectivity index (χ4n) is 4.50. The molecule has 0 aliphatic rings. The summed E-state index contributed by atoms with van der Waals surface area (Å²) in [4.78, 5) is 36.4. The van der Waals surface area contributed by atoms with E-state index in [4.69, 9.17) is 11.5 Å². The number of Topliss-reactive ketones (excluding diaryl/α,β-unsaturated/α-hetero) is 1. The van der Waals surface area contributed by atoms with E-state index < -0.39 is 48.1 Å². The van der Waals surface area contributed by atoms with Gasteiger partial charge in [-0.2, -0.15) is 0 Å². The van der Waals surface area contributed by atoms with Gasteiger partial charge in [-0.1, -0.05) is 60.1 Å². The molecule has 9 heteroatoms. The Morgan fingerprint density at radius 2 is 1.56 bits per heavy atom. The smallest absolute Gasteiger partial charge is 0.306 e. The molecule has 7 nitrogen and oxygen atoms in total. The molecule has 0 unspecified atom stereocenters. The number of amides is 1. The third-order valence-electron chi connectivity index (χ3n) is 6.31. The Bertz CT molecular complexity index is 833. The summed E-state index contributed by atoms with van der Waals surface area (Å²) >= 11 is 0. The Labute approximate surface area is 204 Å². The summed E-state index contributed by atoms with van der Waals surface area (Å²) in [6, 6.07) is 5.54. The zero-order valence-corrected chi connectivity index (χ0v) is 22.4. The van der Waals surface area contributed by atoms with E-state index in [2.05, 4.69) is 5.32 Å². The van der Waals surface area contributed by atoms with Crippen molar-refractivity contribution in [1.82, 2.24) is 5.32 Å². The maximum Gasteiger partial charge on any atom is 0.306 e. The van der Waals surface area contributed by atoms with E-state index in [1.165, 1.54) is 0 Å². The maximum atomic E-state index is 16.4. The highest BCUT2D eigenvalue weighted by molar-refractivity contribution is 6.90. The largest absolute Gasteiger partial charge is 0.481 e. The van der Waals surface area contributed by atoms with Gasteiger partial charge in [-0.15, -0.1) is 0 Å². The average Bonchev–Trinajstić information content (AvgIpc) is 2.74. The van der Waals surface area contributed by atoms with E-state index >= 15 is 4.11 Å². The number of carboxylic acid groups (broad SMARTS) is 1. The van der Waals surface area contributed by atoms with Crippen molar-refractivity contribution in [2.24, 2.45) is 17.4 Å². The fraction of sp³-hybridized carbons (Fsp3) is 0.640. The lowest BCUT2D eigenvalue weighted by molar-refractivity contribution is -0.144. The minimum absolute atomic E-state index is 0.111. The standard InChI is InChI=1S/C25H42FN3O4Si/c1-24(2,3)34(26,25(4,5)6)19-12-10-17(11-13-19)22(31)29-16-20(28)21(30)15-18(23(32)33)9-7-8-14-27/h10-13,18,20H,7-9,14-16,27-28H2,1-6H3,(H,29,31)(H,32,33)/t18-,20-/m0/s1. The minimum Gasteiger partial charge on any atom is -0.481 e. The second-order valence-electron chi connectivity index (χ2n) is 11.0. The van der Waals surface area contributed by atoms with Crippen molar-refractivity contribution in [1.29, 1.82) is 0 Å². The SMILES string of the molecule is CC(C)(C)[Si](F)(c1ccc(C(=O)NC[C@H](N)C(=O)C[C@H](CCCCN)C(=O)O)cc1)C(C)(C)C. The summed E-state index contributed by atoms with van der Waals surface area (Å²) in [5.41, 5.74) is 11.7. The molecule has 1 rings (SSSR count). The number of carbonyl (C=O) groups is 3. The number of benzene rings is 1. The van der Waals surface area contributed by atoms with Gasteiger partial charge < -0.3 is 26.0 Å². The van der Waals surface area contributed by atoms with E-state index in [0.29, 0.717) is 36.6 Å². The van der Waals surface area contributed by atoms with Gasteiger partial charge in [0.2, 0.25) is 0 Å². The molecule has 0 spiro atoms. The van der Waals surface area contributed by atoms with Crippen LogP contribution < -0.4 is 22.0 Å². The molecule has 192 valence electrons. The Morgan fingerprint density at radius 3 is 2.00 bits per heavy atom. The predicted octanol–water partition coefficient (Wildman–Crippen LogP) is 3.25. The summed E-state index contributed by atoms with van der Waals surface area (Å²) in [5, 5.41) is 11.5. The number of hydrogen-bond acceptors (Lipinski definition) is 5. The highest BCUT2D eigenvalue weighted by atomic mass is 28.4. The lowest BCUT2D eigenvalue weighted by atomic mass is 9.94. The van der Waals surface area contributed by atoms with E-state index in [9.17, 15) is 19.5 Å². The quantitative estimate of drug-likeness (QED) is 0.200. The van der Waals surface area contributed by atoms with Gasteiger partial charge in [0.25, 0.3) is 14.3 Å². The van der Waals surface area contributed by atoms with Crippen LogP contribution in [0.1, 0.15) is 77.6 Å². The van der Waals surface area contributed by atoms with E-state index in [1.807, 2.05) is 41.5 Å². The average molecular weight is 496 g/mol. The molecule has 6 N–H and O–H groups in total. The number of carboxylic acids is 1. The lowest BCUT2D eigenvalue weighted by Crippen LogP contribution is -2.57. The van der Waals surface area contributed by atoms with Crippen LogP contribution in [-0.4, -0.2) is 50.3 Å². The molecule has 0 aliphatic carbocycles. The summed E-state index contributed by atoms with van der Waals surface area (Å²) in [6.07, 6.45) is 1.48.